The van der Waals surface area contributed by atoms with Crippen molar-refractivity contribution < 1.29 is 9.47 Å². The van der Waals surface area contributed by atoms with E-state index in [4.69, 9.17) is 9.47 Å². The lowest BCUT2D eigenvalue weighted by Gasteiger charge is -2.40. The van der Waals surface area contributed by atoms with E-state index in [0.717, 1.165) is 37.6 Å². The molecule has 0 saturated heterocycles. The minimum atomic E-state index is 0.468. The first-order valence-corrected chi connectivity index (χ1v) is 7.44. The van der Waals surface area contributed by atoms with E-state index in [9.17, 15) is 0 Å². The maximum atomic E-state index is 5.35. The van der Waals surface area contributed by atoms with Gasteiger partial charge in [-0.3, -0.25) is 4.90 Å². The molecule has 0 amide bonds. The number of fused-ring (bicyclic) bond motifs is 4. The van der Waals surface area contributed by atoms with Crippen molar-refractivity contribution in [2.45, 2.75) is 25.4 Å². The second-order valence-electron chi connectivity index (χ2n) is 5.85. The van der Waals surface area contributed by atoms with Crippen LogP contribution in [0.25, 0.3) is 0 Å². The van der Waals surface area contributed by atoms with Crippen molar-refractivity contribution >= 4 is 0 Å². The third kappa shape index (κ3) is 2.02. The number of hydrogen-bond donors (Lipinski definition) is 1. The van der Waals surface area contributed by atoms with Crippen LogP contribution in [0.1, 0.15) is 28.4 Å². The summed E-state index contributed by atoms with van der Waals surface area (Å²) >= 11 is 0. The number of nitrogens with zero attached hydrogens (tertiary/aromatic N) is 1. The fourth-order valence-corrected chi connectivity index (χ4v) is 3.65. The van der Waals surface area contributed by atoms with Crippen LogP contribution in [-0.2, 0) is 19.4 Å². The predicted octanol–water partition coefficient (Wildman–Crippen LogP) is 2.69. The van der Waals surface area contributed by atoms with Gasteiger partial charge in [-0.25, -0.2) is 0 Å². The quantitative estimate of drug-likeness (QED) is 0.921. The Balaban J connectivity index is 1.71. The van der Waals surface area contributed by atoms with Crippen LogP contribution in [0.2, 0.25) is 0 Å². The normalized spacial score (nSPS) is 20.4. The number of nitrogens with one attached hydrogen (secondary N) is 1. The molecule has 0 spiro atoms. The smallest absolute Gasteiger partial charge is 0.190 e. The van der Waals surface area contributed by atoms with Gasteiger partial charge in [0.25, 0.3) is 0 Å². The Bertz CT molecular complexity index is 677. The molecule has 3 heterocycles. The molecule has 0 fully saturated rings. The molecule has 0 aliphatic carbocycles. The Hall–Kier alpha value is -1.94. The molecule has 2 aliphatic rings. The SMILES string of the molecule is COc1ccc2c(c1)CCN1Cc3cc(OC)[nH]c3CC21. The average molecular weight is 284 g/mol. The van der Waals surface area contributed by atoms with E-state index in [0.29, 0.717) is 6.04 Å². The maximum absolute atomic E-state index is 5.35. The van der Waals surface area contributed by atoms with Crippen LogP contribution in [0.4, 0.5) is 0 Å². The first kappa shape index (κ1) is 12.8. The molecule has 110 valence electrons. The number of hydrogen-bond acceptors (Lipinski definition) is 3. The van der Waals surface area contributed by atoms with Crippen LogP contribution >= 0.6 is 0 Å². The summed E-state index contributed by atoms with van der Waals surface area (Å²) in [5.41, 5.74) is 5.57. The van der Waals surface area contributed by atoms with Crippen LogP contribution in [0.15, 0.2) is 24.3 Å². The Morgan fingerprint density at radius 3 is 2.86 bits per heavy atom. The molecule has 1 atom stereocenters. The maximum Gasteiger partial charge on any atom is 0.190 e. The lowest BCUT2D eigenvalue weighted by atomic mass is 9.86. The van der Waals surface area contributed by atoms with Crippen LogP contribution < -0.4 is 9.47 Å². The highest BCUT2D eigenvalue weighted by Crippen LogP contribution is 2.39. The molecule has 1 unspecified atom stereocenters. The van der Waals surface area contributed by atoms with E-state index in [1.165, 1.54) is 22.4 Å². The van der Waals surface area contributed by atoms with Crippen molar-refractivity contribution in [3.8, 4) is 11.6 Å². The van der Waals surface area contributed by atoms with Crippen LogP contribution in [0.3, 0.4) is 0 Å². The number of rotatable bonds is 2. The van der Waals surface area contributed by atoms with Gasteiger partial charge in [0, 0.05) is 37.3 Å². The molecule has 21 heavy (non-hydrogen) atoms. The van der Waals surface area contributed by atoms with Crippen molar-refractivity contribution in [1.82, 2.24) is 9.88 Å². The number of aromatic amines is 1. The van der Waals surface area contributed by atoms with Crippen molar-refractivity contribution in [3.63, 3.8) is 0 Å². The Kier molecular flexibility index (Phi) is 2.93. The van der Waals surface area contributed by atoms with E-state index >= 15 is 0 Å². The summed E-state index contributed by atoms with van der Waals surface area (Å²) in [4.78, 5) is 5.97. The molecule has 4 rings (SSSR count). The summed E-state index contributed by atoms with van der Waals surface area (Å²) in [5.74, 6) is 1.83. The van der Waals surface area contributed by atoms with Gasteiger partial charge >= 0.3 is 0 Å². The summed E-state index contributed by atoms with van der Waals surface area (Å²) in [6.45, 7) is 2.11. The Morgan fingerprint density at radius 2 is 2.05 bits per heavy atom. The van der Waals surface area contributed by atoms with Gasteiger partial charge in [-0.15, -0.1) is 0 Å². The summed E-state index contributed by atoms with van der Waals surface area (Å²) in [6.07, 6.45) is 2.12. The van der Waals surface area contributed by atoms with Gasteiger partial charge in [0.15, 0.2) is 5.88 Å². The van der Waals surface area contributed by atoms with Crippen molar-refractivity contribution in [2.24, 2.45) is 0 Å². The van der Waals surface area contributed by atoms with E-state index in [1.807, 2.05) is 0 Å². The van der Waals surface area contributed by atoms with Crippen LogP contribution in [0.5, 0.6) is 11.6 Å². The summed E-state index contributed by atoms with van der Waals surface area (Å²) in [7, 11) is 3.45. The monoisotopic (exact) mass is 284 g/mol. The molecule has 2 aromatic rings. The minimum Gasteiger partial charge on any atom is -0.497 e. The average Bonchev–Trinajstić information content (AvgIpc) is 2.94. The zero-order valence-corrected chi connectivity index (χ0v) is 12.5. The number of aromatic nitrogens is 1. The van der Waals surface area contributed by atoms with Gasteiger partial charge in [-0.1, -0.05) is 6.07 Å². The summed E-state index contributed by atoms with van der Waals surface area (Å²) in [6, 6.07) is 9.10. The Morgan fingerprint density at radius 1 is 1.14 bits per heavy atom. The first-order valence-electron chi connectivity index (χ1n) is 7.44. The summed E-state index contributed by atoms with van der Waals surface area (Å²) < 4.78 is 10.7. The molecule has 1 aromatic heterocycles. The molecule has 0 radical (unpaired) electrons. The topological polar surface area (TPSA) is 37.5 Å². The minimum absolute atomic E-state index is 0.468. The second kappa shape index (κ2) is 4.81. The zero-order valence-electron chi connectivity index (χ0n) is 12.5. The summed E-state index contributed by atoms with van der Waals surface area (Å²) in [5, 5.41) is 0. The first-order chi connectivity index (χ1) is 10.3. The fourth-order valence-electron chi connectivity index (χ4n) is 3.65. The van der Waals surface area contributed by atoms with Crippen LogP contribution in [-0.4, -0.2) is 30.6 Å². The van der Waals surface area contributed by atoms with Gasteiger partial charge in [0.2, 0.25) is 0 Å². The van der Waals surface area contributed by atoms with E-state index < -0.39 is 0 Å². The third-order valence-corrected chi connectivity index (χ3v) is 4.78. The van der Waals surface area contributed by atoms with Gasteiger partial charge < -0.3 is 14.5 Å². The molecule has 0 saturated carbocycles. The van der Waals surface area contributed by atoms with Crippen LogP contribution in [0, 0.1) is 0 Å². The Labute approximate surface area is 124 Å². The molecule has 2 aliphatic heterocycles. The molecular formula is C17H20N2O2. The van der Waals surface area contributed by atoms with Gasteiger partial charge in [-0.05, 0) is 35.2 Å². The molecule has 4 nitrogen and oxygen atoms in total. The molecule has 0 bridgehead atoms. The highest BCUT2D eigenvalue weighted by atomic mass is 16.5. The van der Waals surface area contributed by atoms with Gasteiger partial charge in [0.05, 0.1) is 14.2 Å². The van der Waals surface area contributed by atoms with E-state index in [1.54, 1.807) is 14.2 Å². The van der Waals surface area contributed by atoms with Crippen molar-refractivity contribution in [3.05, 3.63) is 46.6 Å². The van der Waals surface area contributed by atoms with E-state index in [2.05, 4.69) is 34.1 Å². The van der Waals surface area contributed by atoms with Gasteiger partial charge in [-0.2, -0.15) is 0 Å². The highest BCUT2D eigenvalue weighted by molar-refractivity contribution is 5.42. The predicted molar refractivity (Wildman–Crippen MR) is 80.9 cm³/mol. The molecule has 1 N–H and O–H groups in total. The molecular weight excluding hydrogens is 264 g/mol. The lowest BCUT2D eigenvalue weighted by Crippen LogP contribution is -2.39. The molecule has 1 aromatic carbocycles. The number of ether oxygens (including phenoxy) is 2. The third-order valence-electron chi connectivity index (χ3n) is 4.78. The fraction of sp³-hybridized carbons (Fsp3) is 0.412. The number of methoxy groups -OCH3 is 2. The highest BCUT2D eigenvalue weighted by Gasteiger charge is 2.33. The molecule has 4 heteroatoms. The number of benzene rings is 1. The van der Waals surface area contributed by atoms with Gasteiger partial charge in [0.1, 0.15) is 5.75 Å². The van der Waals surface area contributed by atoms with Crippen molar-refractivity contribution in [1.29, 1.82) is 0 Å². The second-order valence-corrected chi connectivity index (χ2v) is 5.85. The van der Waals surface area contributed by atoms with Crippen molar-refractivity contribution in [2.75, 3.05) is 20.8 Å². The number of H-pyrrole nitrogens is 1. The van der Waals surface area contributed by atoms with E-state index in [-0.39, 0.29) is 0 Å². The largest absolute Gasteiger partial charge is 0.497 e. The lowest BCUT2D eigenvalue weighted by molar-refractivity contribution is 0.160. The standard InChI is InChI=1S/C17H20N2O2/c1-20-13-3-4-14-11(7-13)5-6-19-10-12-8-17(21-2)18-15(12)9-16(14)19/h3-4,7-8,16,18H,5-6,9-10H2,1-2H3. The zero-order chi connectivity index (χ0) is 14.4.